The van der Waals surface area contributed by atoms with Crippen LogP contribution >= 0.6 is 0 Å². The number of hydrogen-bond acceptors (Lipinski definition) is 3. The van der Waals surface area contributed by atoms with Gasteiger partial charge in [0.15, 0.2) is 5.82 Å². The molecule has 0 aliphatic heterocycles. The van der Waals surface area contributed by atoms with Crippen molar-refractivity contribution >= 4 is 11.6 Å². The highest BCUT2D eigenvalue weighted by molar-refractivity contribution is 5.89. The maximum Gasteiger partial charge on any atom is 0.221 e. The number of carbonyl (C=O) groups excluding carboxylic acids is 1. The SMILES string of the molecule is CC(=O)Nc1c(F)ccc([C@@H](O)CNC(C)(C)C)c1F. The summed E-state index contributed by atoms with van der Waals surface area (Å²) < 4.78 is 27.6. The predicted molar refractivity (Wildman–Crippen MR) is 73.4 cm³/mol. The van der Waals surface area contributed by atoms with Crippen molar-refractivity contribution in [1.82, 2.24) is 5.32 Å². The van der Waals surface area contributed by atoms with E-state index in [-0.39, 0.29) is 17.6 Å². The summed E-state index contributed by atoms with van der Waals surface area (Å²) in [6.45, 7) is 6.99. The van der Waals surface area contributed by atoms with Crippen molar-refractivity contribution in [3.8, 4) is 0 Å². The molecule has 0 saturated heterocycles. The van der Waals surface area contributed by atoms with Crippen molar-refractivity contribution in [1.29, 1.82) is 0 Å². The molecule has 0 aliphatic carbocycles. The maximum absolute atomic E-state index is 14.1. The molecule has 0 unspecified atom stereocenters. The van der Waals surface area contributed by atoms with Gasteiger partial charge in [0.1, 0.15) is 11.5 Å². The molecule has 0 bridgehead atoms. The zero-order valence-electron chi connectivity index (χ0n) is 12.1. The second-order valence-electron chi connectivity index (χ2n) is 5.65. The molecule has 1 atom stereocenters. The topological polar surface area (TPSA) is 61.4 Å². The number of carbonyl (C=O) groups is 1. The number of amides is 1. The number of benzene rings is 1. The first-order valence-electron chi connectivity index (χ1n) is 6.30. The van der Waals surface area contributed by atoms with Crippen molar-refractivity contribution < 1.29 is 18.7 Å². The normalized spacial score (nSPS) is 13.2. The number of rotatable bonds is 4. The lowest BCUT2D eigenvalue weighted by Gasteiger charge is -2.23. The van der Waals surface area contributed by atoms with E-state index in [2.05, 4.69) is 10.6 Å². The third kappa shape index (κ3) is 4.54. The number of nitrogens with one attached hydrogen (secondary N) is 2. The summed E-state index contributed by atoms with van der Waals surface area (Å²) in [4.78, 5) is 10.9. The number of β-amino-alcohol motifs (C(OH)–C–C–N with tert-alkyl or cyclic N) is 1. The highest BCUT2D eigenvalue weighted by atomic mass is 19.1. The molecule has 112 valence electrons. The van der Waals surface area contributed by atoms with E-state index >= 15 is 0 Å². The molecule has 0 aliphatic rings. The first-order valence-corrected chi connectivity index (χ1v) is 6.30. The van der Waals surface area contributed by atoms with Crippen molar-refractivity contribution in [3.05, 3.63) is 29.3 Å². The van der Waals surface area contributed by atoms with E-state index < -0.39 is 29.3 Å². The van der Waals surface area contributed by atoms with Crippen molar-refractivity contribution in [2.75, 3.05) is 11.9 Å². The molecule has 0 heterocycles. The molecule has 0 fully saturated rings. The van der Waals surface area contributed by atoms with Gasteiger partial charge in [-0.1, -0.05) is 6.07 Å². The Balaban J connectivity index is 2.98. The Hall–Kier alpha value is -1.53. The second kappa shape index (κ2) is 6.28. The van der Waals surface area contributed by atoms with Crippen LogP contribution < -0.4 is 10.6 Å². The summed E-state index contributed by atoms with van der Waals surface area (Å²) in [6.07, 6.45) is -1.14. The minimum absolute atomic E-state index is 0.0631. The quantitative estimate of drug-likeness (QED) is 0.796. The van der Waals surface area contributed by atoms with Gasteiger partial charge < -0.3 is 15.7 Å². The molecule has 0 radical (unpaired) electrons. The molecule has 0 saturated carbocycles. The Bertz CT molecular complexity index is 499. The van der Waals surface area contributed by atoms with Crippen molar-refractivity contribution in [2.24, 2.45) is 0 Å². The third-order valence-corrected chi connectivity index (χ3v) is 2.61. The molecule has 1 aromatic rings. The van der Waals surface area contributed by atoms with Crippen LogP contribution in [0.4, 0.5) is 14.5 Å². The van der Waals surface area contributed by atoms with E-state index in [1.54, 1.807) is 0 Å². The largest absolute Gasteiger partial charge is 0.387 e. The molecule has 1 amide bonds. The fourth-order valence-corrected chi connectivity index (χ4v) is 1.63. The number of hydrogen-bond donors (Lipinski definition) is 3. The standard InChI is InChI=1S/C14H20F2N2O2/c1-8(19)18-13-10(15)6-5-9(12(13)16)11(20)7-17-14(2,3)4/h5-6,11,17,20H,7H2,1-4H3,(H,18,19)/t11-/m0/s1. The van der Waals surface area contributed by atoms with Gasteiger partial charge in [0.25, 0.3) is 0 Å². The Labute approximate surface area is 117 Å². The van der Waals surface area contributed by atoms with Crippen LogP contribution in [0.5, 0.6) is 0 Å². The molecule has 3 N–H and O–H groups in total. The number of halogens is 2. The van der Waals surface area contributed by atoms with Crippen LogP contribution in [0.25, 0.3) is 0 Å². The predicted octanol–water partition coefficient (Wildman–Crippen LogP) is 2.34. The molecule has 1 rings (SSSR count). The van der Waals surface area contributed by atoms with Crippen LogP contribution in [0.2, 0.25) is 0 Å². The Morgan fingerprint density at radius 2 is 1.95 bits per heavy atom. The lowest BCUT2D eigenvalue weighted by molar-refractivity contribution is -0.114. The summed E-state index contributed by atoms with van der Waals surface area (Å²) in [5.74, 6) is -2.41. The molecule has 20 heavy (non-hydrogen) atoms. The van der Waals surface area contributed by atoms with Crippen molar-refractivity contribution in [3.63, 3.8) is 0 Å². The van der Waals surface area contributed by atoms with Gasteiger partial charge in [-0.2, -0.15) is 0 Å². The molecule has 1 aromatic carbocycles. The van der Waals surface area contributed by atoms with E-state index in [1.165, 1.54) is 6.07 Å². The molecule has 0 aromatic heterocycles. The van der Waals surface area contributed by atoms with Gasteiger partial charge in [0.05, 0.1) is 6.10 Å². The van der Waals surface area contributed by atoms with Gasteiger partial charge in [-0.05, 0) is 26.8 Å². The van der Waals surface area contributed by atoms with Gasteiger partial charge in [-0.3, -0.25) is 4.79 Å². The van der Waals surface area contributed by atoms with E-state index in [0.29, 0.717) is 0 Å². The first-order chi connectivity index (χ1) is 9.11. The first kappa shape index (κ1) is 16.5. The molecular formula is C14H20F2N2O2. The minimum Gasteiger partial charge on any atom is -0.387 e. The van der Waals surface area contributed by atoms with Crippen LogP contribution in [0.3, 0.4) is 0 Å². The summed E-state index contributed by atoms with van der Waals surface area (Å²) >= 11 is 0. The van der Waals surface area contributed by atoms with E-state index in [1.807, 2.05) is 20.8 Å². The molecule has 4 nitrogen and oxygen atoms in total. The second-order valence-corrected chi connectivity index (χ2v) is 5.65. The molecule has 0 spiro atoms. The van der Waals surface area contributed by atoms with Crippen LogP contribution in [-0.2, 0) is 4.79 Å². The molecular weight excluding hydrogens is 266 g/mol. The maximum atomic E-state index is 14.1. The number of aliphatic hydroxyl groups is 1. The Kier molecular flexibility index (Phi) is 5.19. The van der Waals surface area contributed by atoms with Gasteiger partial charge >= 0.3 is 0 Å². The summed E-state index contributed by atoms with van der Waals surface area (Å²) in [7, 11) is 0. The van der Waals surface area contributed by atoms with Gasteiger partial charge in [0.2, 0.25) is 5.91 Å². The Morgan fingerprint density at radius 1 is 1.35 bits per heavy atom. The fourth-order valence-electron chi connectivity index (χ4n) is 1.63. The fraction of sp³-hybridized carbons (Fsp3) is 0.500. The highest BCUT2D eigenvalue weighted by Crippen LogP contribution is 2.26. The number of anilines is 1. The van der Waals surface area contributed by atoms with Gasteiger partial charge in [0, 0.05) is 24.6 Å². The lowest BCUT2D eigenvalue weighted by atomic mass is 10.0. The summed E-state index contributed by atoms with van der Waals surface area (Å²) in [6, 6.07) is 2.19. The smallest absolute Gasteiger partial charge is 0.221 e. The van der Waals surface area contributed by atoms with Crippen LogP contribution in [0.15, 0.2) is 12.1 Å². The average Bonchev–Trinajstić information content (AvgIpc) is 2.30. The van der Waals surface area contributed by atoms with Gasteiger partial charge in [-0.25, -0.2) is 8.78 Å². The minimum atomic E-state index is -1.14. The average molecular weight is 286 g/mol. The lowest BCUT2D eigenvalue weighted by Crippen LogP contribution is -2.38. The van der Waals surface area contributed by atoms with E-state index in [0.717, 1.165) is 13.0 Å². The number of aliphatic hydroxyl groups excluding tert-OH is 1. The van der Waals surface area contributed by atoms with E-state index in [9.17, 15) is 18.7 Å². The van der Waals surface area contributed by atoms with Crippen LogP contribution in [-0.4, -0.2) is 23.1 Å². The summed E-state index contributed by atoms with van der Waals surface area (Å²) in [5.41, 5.74) is -0.838. The van der Waals surface area contributed by atoms with Gasteiger partial charge in [-0.15, -0.1) is 0 Å². The zero-order chi connectivity index (χ0) is 15.5. The Morgan fingerprint density at radius 3 is 2.45 bits per heavy atom. The van der Waals surface area contributed by atoms with E-state index in [4.69, 9.17) is 0 Å². The van der Waals surface area contributed by atoms with Crippen LogP contribution in [0, 0.1) is 11.6 Å². The van der Waals surface area contributed by atoms with Crippen molar-refractivity contribution in [2.45, 2.75) is 39.3 Å². The molecule has 6 heteroatoms. The monoisotopic (exact) mass is 286 g/mol. The highest BCUT2D eigenvalue weighted by Gasteiger charge is 2.21. The summed E-state index contributed by atoms with van der Waals surface area (Å²) in [5, 5.41) is 15.1. The third-order valence-electron chi connectivity index (χ3n) is 2.61. The zero-order valence-corrected chi connectivity index (χ0v) is 12.1. The van der Waals surface area contributed by atoms with Crippen LogP contribution in [0.1, 0.15) is 39.4 Å².